The van der Waals surface area contributed by atoms with Gasteiger partial charge >= 0.3 is 5.97 Å². The summed E-state index contributed by atoms with van der Waals surface area (Å²) < 4.78 is 0. The fraction of sp³-hybridized carbons (Fsp3) is 0.588. The van der Waals surface area contributed by atoms with Crippen LogP contribution in [0, 0.1) is 13.8 Å². The van der Waals surface area contributed by atoms with Crippen LogP contribution in [-0.4, -0.2) is 27.9 Å². The van der Waals surface area contributed by atoms with Gasteiger partial charge in [-0.05, 0) is 52.7 Å². The predicted octanol–water partition coefficient (Wildman–Crippen LogP) is 4.02. The molecule has 1 aromatic rings. The van der Waals surface area contributed by atoms with Crippen LogP contribution in [0.1, 0.15) is 45.2 Å². The molecular formula is C17H27NO2S. The second-order valence-corrected chi connectivity index (χ2v) is 7.82. The summed E-state index contributed by atoms with van der Waals surface area (Å²) in [5.41, 5.74) is 1.58. The largest absolute Gasteiger partial charge is 0.480 e. The zero-order chi connectivity index (χ0) is 16.2. The molecule has 0 radical (unpaired) electrons. The van der Waals surface area contributed by atoms with Gasteiger partial charge in [-0.15, -0.1) is 11.8 Å². The molecule has 0 spiro atoms. The van der Waals surface area contributed by atoms with Crippen molar-refractivity contribution in [1.29, 1.82) is 0 Å². The second-order valence-electron chi connectivity index (χ2n) is 6.34. The summed E-state index contributed by atoms with van der Waals surface area (Å²) in [5.74, 6) is -0.787. The number of carboxylic acid groups (broad SMARTS) is 1. The zero-order valence-electron chi connectivity index (χ0n) is 13.9. The summed E-state index contributed by atoms with van der Waals surface area (Å²) in [7, 11) is 0. The summed E-state index contributed by atoms with van der Waals surface area (Å²) >= 11 is 1.75. The fourth-order valence-electron chi connectivity index (χ4n) is 2.51. The van der Waals surface area contributed by atoms with Gasteiger partial charge in [0, 0.05) is 16.2 Å². The van der Waals surface area contributed by atoms with E-state index >= 15 is 0 Å². The highest BCUT2D eigenvalue weighted by atomic mass is 32.2. The first-order valence-corrected chi connectivity index (χ1v) is 8.27. The first kappa shape index (κ1) is 18.1. The Balaban J connectivity index is 2.81. The van der Waals surface area contributed by atoms with Gasteiger partial charge in [-0.25, -0.2) is 0 Å². The molecule has 1 rings (SSSR count). The average Bonchev–Trinajstić information content (AvgIpc) is 2.32. The molecule has 0 heterocycles. The van der Waals surface area contributed by atoms with Gasteiger partial charge in [-0.2, -0.15) is 0 Å². The first-order valence-electron chi connectivity index (χ1n) is 7.39. The summed E-state index contributed by atoms with van der Waals surface area (Å²) in [6.07, 6.45) is 0.582. The lowest BCUT2D eigenvalue weighted by atomic mass is 9.95. The predicted molar refractivity (Wildman–Crippen MR) is 90.2 cm³/mol. The Hall–Kier alpha value is -1.00. The minimum absolute atomic E-state index is 0.143. The van der Waals surface area contributed by atoms with Crippen molar-refractivity contribution in [3.63, 3.8) is 0 Å². The van der Waals surface area contributed by atoms with E-state index in [0.29, 0.717) is 6.42 Å². The SMILES string of the molecule is Cc1ccc(C)c(SC(C)CC(C)(NC(C)C)C(=O)O)c1. The van der Waals surface area contributed by atoms with Crippen LogP contribution in [-0.2, 0) is 4.79 Å². The first-order chi connectivity index (χ1) is 9.64. The van der Waals surface area contributed by atoms with Crippen LogP contribution >= 0.6 is 11.8 Å². The molecule has 0 amide bonds. The van der Waals surface area contributed by atoms with Crippen molar-refractivity contribution in [2.24, 2.45) is 0 Å². The average molecular weight is 309 g/mol. The number of aliphatic carboxylic acids is 1. The summed E-state index contributed by atoms with van der Waals surface area (Å²) in [5, 5.41) is 12.9. The van der Waals surface area contributed by atoms with Crippen molar-refractivity contribution in [3.05, 3.63) is 29.3 Å². The summed E-state index contributed by atoms with van der Waals surface area (Å²) in [6, 6.07) is 6.53. The highest BCUT2D eigenvalue weighted by Gasteiger charge is 2.35. The maximum absolute atomic E-state index is 11.6. The van der Waals surface area contributed by atoms with E-state index in [2.05, 4.69) is 44.3 Å². The smallest absolute Gasteiger partial charge is 0.323 e. The molecular weight excluding hydrogens is 282 g/mol. The van der Waals surface area contributed by atoms with Crippen LogP contribution in [0.2, 0.25) is 0 Å². The van der Waals surface area contributed by atoms with Gasteiger partial charge in [0.25, 0.3) is 0 Å². The molecule has 1 aromatic carbocycles. The second kappa shape index (κ2) is 7.32. The lowest BCUT2D eigenvalue weighted by Crippen LogP contribution is -2.53. The highest BCUT2D eigenvalue weighted by molar-refractivity contribution is 8.00. The monoisotopic (exact) mass is 309 g/mol. The minimum atomic E-state index is -0.891. The standard InChI is InChI=1S/C17H27NO2S/c1-11(2)18-17(6,16(19)20)10-14(5)21-15-9-12(3)7-8-13(15)4/h7-9,11,14,18H,10H2,1-6H3,(H,19,20). The van der Waals surface area contributed by atoms with E-state index in [0.717, 1.165) is 0 Å². The summed E-state index contributed by atoms with van der Waals surface area (Å²) in [4.78, 5) is 12.8. The Morgan fingerprint density at radius 2 is 1.95 bits per heavy atom. The number of thioether (sulfide) groups is 1. The molecule has 0 aliphatic rings. The van der Waals surface area contributed by atoms with Gasteiger partial charge in [-0.3, -0.25) is 10.1 Å². The molecule has 0 aliphatic carbocycles. The van der Waals surface area contributed by atoms with Gasteiger partial charge < -0.3 is 5.11 Å². The number of hydrogen-bond acceptors (Lipinski definition) is 3. The normalized spacial score (nSPS) is 15.8. The van der Waals surface area contributed by atoms with Gasteiger partial charge in [0.2, 0.25) is 0 Å². The highest BCUT2D eigenvalue weighted by Crippen LogP contribution is 2.31. The molecule has 4 heteroatoms. The maximum atomic E-state index is 11.6. The van der Waals surface area contributed by atoms with Crippen molar-refractivity contribution >= 4 is 17.7 Å². The lowest BCUT2D eigenvalue weighted by Gasteiger charge is -2.31. The Kier molecular flexibility index (Phi) is 6.29. The molecule has 0 aliphatic heterocycles. The maximum Gasteiger partial charge on any atom is 0.323 e. The van der Waals surface area contributed by atoms with Crippen LogP contribution < -0.4 is 5.32 Å². The zero-order valence-corrected chi connectivity index (χ0v) is 14.7. The number of nitrogens with one attached hydrogen (secondary N) is 1. The van der Waals surface area contributed by atoms with Gasteiger partial charge in [0.05, 0.1) is 0 Å². The van der Waals surface area contributed by atoms with Crippen molar-refractivity contribution < 1.29 is 9.90 Å². The summed E-state index contributed by atoms with van der Waals surface area (Å²) in [6.45, 7) is 12.0. The van der Waals surface area contributed by atoms with Crippen molar-refractivity contribution in [3.8, 4) is 0 Å². The van der Waals surface area contributed by atoms with Gasteiger partial charge in [-0.1, -0.05) is 24.6 Å². The van der Waals surface area contributed by atoms with E-state index < -0.39 is 11.5 Å². The molecule has 2 unspecified atom stereocenters. The van der Waals surface area contributed by atoms with E-state index in [1.165, 1.54) is 16.0 Å². The molecule has 3 nitrogen and oxygen atoms in total. The van der Waals surface area contributed by atoms with E-state index in [-0.39, 0.29) is 11.3 Å². The van der Waals surface area contributed by atoms with Crippen LogP contribution in [0.4, 0.5) is 0 Å². The van der Waals surface area contributed by atoms with Gasteiger partial charge in [0.15, 0.2) is 0 Å². The lowest BCUT2D eigenvalue weighted by molar-refractivity contribution is -0.144. The molecule has 21 heavy (non-hydrogen) atoms. The molecule has 0 saturated carbocycles. The molecule has 2 N–H and O–H groups in total. The van der Waals surface area contributed by atoms with Crippen molar-refractivity contribution in [2.45, 2.75) is 69.7 Å². The van der Waals surface area contributed by atoms with Crippen LogP contribution in [0.25, 0.3) is 0 Å². The molecule has 0 bridgehead atoms. The number of hydrogen-bond donors (Lipinski definition) is 2. The van der Waals surface area contributed by atoms with Crippen LogP contribution in [0.5, 0.6) is 0 Å². The molecule has 0 aromatic heterocycles. The molecule has 0 saturated heterocycles. The Labute approximate surface area is 132 Å². The third-order valence-corrected chi connectivity index (χ3v) is 4.71. The Morgan fingerprint density at radius 1 is 1.33 bits per heavy atom. The minimum Gasteiger partial charge on any atom is -0.480 e. The van der Waals surface area contributed by atoms with E-state index in [1.54, 1.807) is 18.7 Å². The number of carboxylic acids is 1. The molecule has 118 valence electrons. The number of carbonyl (C=O) groups is 1. The molecule has 0 fully saturated rings. The van der Waals surface area contributed by atoms with E-state index in [4.69, 9.17) is 0 Å². The number of benzene rings is 1. The fourth-order valence-corrected chi connectivity index (χ4v) is 3.87. The number of rotatable bonds is 7. The third-order valence-electron chi connectivity index (χ3n) is 3.45. The van der Waals surface area contributed by atoms with Crippen molar-refractivity contribution in [2.75, 3.05) is 0 Å². The van der Waals surface area contributed by atoms with E-state index in [1.807, 2.05) is 13.8 Å². The van der Waals surface area contributed by atoms with Crippen LogP contribution in [0.15, 0.2) is 23.1 Å². The van der Waals surface area contributed by atoms with Crippen molar-refractivity contribution in [1.82, 2.24) is 5.32 Å². The Bertz CT molecular complexity index is 502. The Morgan fingerprint density at radius 3 is 2.48 bits per heavy atom. The quantitative estimate of drug-likeness (QED) is 0.747. The van der Waals surface area contributed by atoms with E-state index in [9.17, 15) is 9.90 Å². The molecule has 2 atom stereocenters. The number of aryl methyl sites for hydroxylation is 2. The third kappa shape index (κ3) is 5.36. The van der Waals surface area contributed by atoms with Crippen LogP contribution in [0.3, 0.4) is 0 Å². The topological polar surface area (TPSA) is 49.3 Å². The van der Waals surface area contributed by atoms with Gasteiger partial charge in [0.1, 0.15) is 5.54 Å².